The number of hydrogen-bond acceptors (Lipinski definition) is 2. The third-order valence-corrected chi connectivity index (χ3v) is 1.80. The average Bonchev–Trinajstić information content (AvgIpc) is 2.51. The highest BCUT2D eigenvalue weighted by Crippen LogP contribution is 2.26. The molecule has 0 amide bonds. The molecule has 0 saturated carbocycles. The van der Waals surface area contributed by atoms with E-state index in [-0.39, 0.29) is 5.82 Å². The van der Waals surface area contributed by atoms with Gasteiger partial charge in [-0.2, -0.15) is 0 Å². The minimum atomic E-state index is -0.363. The van der Waals surface area contributed by atoms with Crippen LogP contribution in [0.15, 0.2) is 24.4 Å². The molecule has 0 atom stereocenters. The Hall–Kier alpha value is -1.84. The number of benzene rings is 1. The maximum absolute atomic E-state index is 13.1. The number of H-pyrrole nitrogens is 1. The molecule has 0 bridgehead atoms. The van der Waals surface area contributed by atoms with E-state index in [2.05, 4.69) is 9.72 Å². The van der Waals surface area contributed by atoms with Crippen LogP contribution >= 0.6 is 0 Å². The summed E-state index contributed by atoms with van der Waals surface area (Å²) in [6.07, 6.45) is 1.45. The van der Waals surface area contributed by atoms with E-state index in [4.69, 9.17) is 0 Å². The maximum atomic E-state index is 13.1. The summed E-state index contributed by atoms with van der Waals surface area (Å²) in [5, 5.41) is 0.562. The van der Waals surface area contributed by atoms with Crippen molar-refractivity contribution in [2.75, 3.05) is 0 Å². The van der Waals surface area contributed by atoms with Crippen LogP contribution in [0.5, 0.6) is 5.75 Å². The summed E-state index contributed by atoms with van der Waals surface area (Å²) in [4.78, 5) is 12.8. The number of hydrogen-bond donors (Lipinski definition) is 1. The first kappa shape index (κ1) is 7.79. The van der Waals surface area contributed by atoms with Gasteiger partial charge < -0.3 is 9.72 Å². The number of para-hydroxylation sites is 1. The van der Waals surface area contributed by atoms with E-state index < -0.39 is 0 Å². The normalized spacial score (nSPS) is 10.2. The Bertz CT molecular complexity index is 450. The number of carbonyl (C=O) groups is 1. The maximum Gasteiger partial charge on any atom is 0.298 e. The smallest absolute Gasteiger partial charge is 0.298 e. The van der Waals surface area contributed by atoms with Crippen LogP contribution in [-0.4, -0.2) is 11.5 Å². The van der Waals surface area contributed by atoms with Crippen LogP contribution in [0.25, 0.3) is 10.9 Å². The Labute approximate surface area is 73.1 Å². The molecule has 66 valence electrons. The molecule has 1 N–H and O–H groups in total. The van der Waals surface area contributed by atoms with Crippen molar-refractivity contribution >= 4 is 17.4 Å². The molecule has 1 aromatic carbocycles. The molecule has 0 saturated heterocycles. The Morgan fingerprint density at radius 2 is 2.31 bits per heavy atom. The third kappa shape index (κ3) is 1.16. The number of carbonyl (C=O) groups excluding carboxylic acids is 1. The standard InChI is InChI=1S/C9H6FNO2/c10-7-3-1-2-6-8(13-5-12)4-11-9(6)7/h1-5,11H. The first-order chi connectivity index (χ1) is 6.33. The molecule has 0 aliphatic carbocycles. The number of nitrogens with one attached hydrogen (secondary N) is 1. The van der Waals surface area contributed by atoms with Crippen LogP contribution in [0.3, 0.4) is 0 Å². The zero-order chi connectivity index (χ0) is 9.26. The van der Waals surface area contributed by atoms with E-state index in [0.29, 0.717) is 23.1 Å². The molecule has 0 spiro atoms. The summed E-state index contributed by atoms with van der Waals surface area (Å²) in [7, 11) is 0. The van der Waals surface area contributed by atoms with E-state index >= 15 is 0 Å². The molecule has 2 aromatic rings. The van der Waals surface area contributed by atoms with Crippen molar-refractivity contribution in [3.63, 3.8) is 0 Å². The second-order valence-electron chi connectivity index (χ2n) is 2.53. The lowest BCUT2D eigenvalue weighted by Gasteiger charge is -1.94. The van der Waals surface area contributed by atoms with Crippen molar-refractivity contribution in [1.29, 1.82) is 0 Å². The van der Waals surface area contributed by atoms with Crippen molar-refractivity contribution in [3.8, 4) is 5.75 Å². The highest BCUT2D eigenvalue weighted by Gasteiger charge is 2.07. The van der Waals surface area contributed by atoms with Gasteiger partial charge >= 0.3 is 0 Å². The fourth-order valence-corrected chi connectivity index (χ4v) is 1.24. The van der Waals surface area contributed by atoms with Gasteiger partial charge in [0, 0.05) is 11.6 Å². The van der Waals surface area contributed by atoms with Gasteiger partial charge in [0.25, 0.3) is 6.47 Å². The van der Waals surface area contributed by atoms with Crippen molar-refractivity contribution in [3.05, 3.63) is 30.2 Å². The predicted molar refractivity (Wildman–Crippen MR) is 44.9 cm³/mol. The minimum absolute atomic E-state index is 0.313. The van der Waals surface area contributed by atoms with Crippen molar-refractivity contribution in [2.24, 2.45) is 0 Å². The fourth-order valence-electron chi connectivity index (χ4n) is 1.24. The van der Waals surface area contributed by atoms with Crippen LogP contribution in [0.1, 0.15) is 0 Å². The molecule has 0 unspecified atom stereocenters. The molecule has 2 rings (SSSR count). The van der Waals surface area contributed by atoms with Crippen LogP contribution in [0.2, 0.25) is 0 Å². The lowest BCUT2D eigenvalue weighted by Crippen LogP contribution is -1.86. The minimum Gasteiger partial charge on any atom is -0.426 e. The molecule has 0 radical (unpaired) electrons. The highest BCUT2D eigenvalue weighted by atomic mass is 19.1. The van der Waals surface area contributed by atoms with Gasteiger partial charge in [0.05, 0.1) is 5.52 Å². The van der Waals surface area contributed by atoms with Crippen LogP contribution in [0.4, 0.5) is 4.39 Å². The molecule has 0 fully saturated rings. The number of halogens is 1. The average molecular weight is 179 g/mol. The second kappa shape index (κ2) is 2.90. The van der Waals surface area contributed by atoms with Gasteiger partial charge in [-0.1, -0.05) is 6.07 Å². The van der Waals surface area contributed by atoms with Gasteiger partial charge in [0.1, 0.15) is 5.82 Å². The summed E-state index contributed by atoms with van der Waals surface area (Å²) in [6, 6.07) is 4.57. The van der Waals surface area contributed by atoms with Crippen molar-refractivity contribution in [1.82, 2.24) is 4.98 Å². The highest BCUT2D eigenvalue weighted by molar-refractivity contribution is 5.87. The Morgan fingerprint density at radius 3 is 3.08 bits per heavy atom. The largest absolute Gasteiger partial charge is 0.426 e. The zero-order valence-corrected chi connectivity index (χ0v) is 6.58. The Kier molecular flexibility index (Phi) is 1.73. The molecule has 0 aliphatic rings. The van der Waals surface area contributed by atoms with Gasteiger partial charge in [0.15, 0.2) is 5.75 Å². The first-order valence-corrected chi connectivity index (χ1v) is 3.69. The lowest BCUT2D eigenvalue weighted by atomic mass is 10.2. The molecule has 4 heteroatoms. The number of fused-ring (bicyclic) bond motifs is 1. The third-order valence-electron chi connectivity index (χ3n) is 1.80. The van der Waals surface area contributed by atoms with Crippen LogP contribution < -0.4 is 4.74 Å². The fraction of sp³-hybridized carbons (Fsp3) is 0. The first-order valence-electron chi connectivity index (χ1n) is 3.69. The molecule has 0 aliphatic heterocycles. The Balaban J connectivity index is 2.67. The molecule has 3 nitrogen and oxygen atoms in total. The van der Waals surface area contributed by atoms with Gasteiger partial charge in [-0.3, -0.25) is 4.79 Å². The summed E-state index contributed by atoms with van der Waals surface area (Å²) >= 11 is 0. The lowest BCUT2D eigenvalue weighted by molar-refractivity contribution is -0.120. The quantitative estimate of drug-likeness (QED) is 0.714. The zero-order valence-electron chi connectivity index (χ0n) is 6.58. The van der Waals surface area contributed by atoms with Crippen molar-refractivity contribution in [2.45, 2.75) is 0 Å². The Morgan fingerprint density at radius 1 is 1.46 bits per heavy atom. The number of ether oxygens (including phenoxy) is 1. The summed E-state index contributed by atoms with van der Waals surface area (Å²) in [5.74, 6) is -0.0252. The van der Waals surface area contributed by atoms with E-state index in [1.165, 1.54) is 12.3 Å². The molecular weight excluding hydrogens is 173 g/mol. The topological polar surface area (TPSA) is 42.1 Å². The summed E-state index contributed by atoms with van der Waals surface area (Å²) in [5.41, 5.74) is 0.347. The summed E-state index contributed by atoms with van der Waals surface area (Å²) in [6.45, 7) is 0.313. The SMILES string of the molecule is O=COc1c[nH]c2c(F)cccc12. The molecular formula is C9H6FNO2. The molecule has 1 aromatic heterocycles. The van der Waals surface area contributed by atoms with E-state index in [9.17, 15) is 9.18 Å². The van der Waals surface area contributed by atoms with E-state index in [1.54, 1.807) is 12.1 Å². The second-order valence-corrected chi connectivity index (χ2v) is 2.53. The molecule has 13 heavy (non-hydrogen) atoms. The summed E-state index contributed by atoms with van der Waals surface area (Å²) < 4.78 is 17.7. The molecule has 1 heterocycles. The van der Waals surface area contributed by atoms with Crippen LogP contribution in [-0.2, 0) is 4.79 Å². The number of rotatable bonds is 2. The van der Waals surface area contributed by atoms with Gasteiger partial charge in [-0.25, -0.2) is 4.39 Å². The van der Waals surface area contributed by atoms with Gasteiger partial charge in [0.2, 0.25) is 0 Å². The number of aromatic nitrogens is 1. The monoisotopic (exact) mass is 179 g/mol. The van der Waals surface area contributed by atoms with Crippen LogP contribution in [0, 0.1) is 5.82 Å². The van der Waals surface area contributed by atoms with Crippen molar-refractivity contribution < 1.29 is 13.9 Å². The van der Waals surface area contributed by atoms with E-state index in [0.717, 1.165) is 0 Å². The van der Waals surface area contributed by atoms with Gasteiger partial charge in [-0.05, 0) is 12.1 Å². The van der Waals surface area contributed by atoms with E-state index in [1.807, 2.05) is 0 Å². The number of aromatic amines is 1. The van der Waals surface area contributed by atoms with Gasteiger partial charge in [-0.15, -0.1) is 0 Å². The predicted octanol–water partition coefficient (Wildman–Crippen LogP) is 1.84.